The first-order valence-corrected chi connectivity index (χ1v) is 21.9. The van der Waals surface area contributed by atoms with E-state index in [0.29, 0.717) is 47.5 Å². The van der Waals surface area contributed by atoms with Crippen LogP contribution < -0.4 is 25.3 Å². The van der Waals surface area contributed by atoms with Crippen molar-refractivity contribution in [1.82, 2.24) is 5.32 Å². The van der Waals surface area contributed by atoms with Crippen molar-refractivity contribution in [3.63, 3.8) is 0 Å². The van der Waals surface area contributed by atoms with E-state index in [-0.39, 0.29) is 34.9 Å². The fourth-order valence-corrected chi connectivity index (χ4v) is 11.7. The van der Waals surface area contributed by atoms with Gasteiger partial charge in [0.25, 0.3) is 0 Å². The normalized spacial score (nSPS) is 37.6. The van der Waals surface area contributed by atoms with Gasteiger partial charge in [-0.25, -0.2) is 4.79 Å². The molecule has 9 rings (SSSR count). The minimum Gasteiger partial charge on any atom is -0.482 e. The van der Waals surface area contributed by atoms with Crippen LogP contribution in [0.1, 0.15) is 104 Å². The number of benzene rings is 1. The van der Waals surface area contributed by atoms with Crippen molar-refractivity contribution in [3.05, 3.63) is 69.1 Å². The molecular formula is C48H61N3O12. The molecule has 1 spiro atoms. The van der Waals surface area contributed by atoms with Gasteiger partial charge in [0.05, 0.1) is 48.1 Å². The molecule has 5 fully saturated rings. The number of ketones is 1. The van der Waals surface area contributed by atoms with Crippen molar-refractivity contribution < 1.29 is 58.4 Å². The number of carbonyl (C=O) groups is 2. The lowest BCUT2D eigenvalue weighted by molar-refractivity contribution is -0.278. The van der Waals surface area contributed by atoms with Crippen molar-refractivity contribution >= 4 is 17.8 Å². The predicted molar refractivity (Wildman–Crippen MR) is 229 cm³/mol. The number of ether oxygens (including phenoxy) is 6. The number of nitriles is 1. The lowest BCUT2D eigenvalue weighted by atomic mass is 9.41. The number of nitrogens with zero attached hydrogens (tertiary/aromatic N) is 1. The minimum atomic E-state index is -1.76. The second-order valence-electron chi connectivity index (χ2n) is 19.5. The molecule has 7 N–H and O–H groups in total. The molecule has 5 heterocycles. The minimum absolute atomic E-state index is 0.0281. The Morgan fingerprint density at radius 1 is 1.03 bits per heavy atom. The molecule has 8 unspecified atom stereocenters. The molecule has 13 atom stereocenters. The van der Waals surface area contributed by atoms with E-state index in [9.17, 15) is 30.5 Å². The number of fused-ring (bicyclic) bond motifs is 3. The van der Waals surface area contributed by atoms with Gasteiger partial charge in [0.2, 0.25) is 6.29 Å². The Bertz CT molecular complexity index is 2300. The largest absolute Gasteiger partial charge is 0.482 e. The van der Waals surface area contributed by atoms with E-state index >= 15 is 4.79 Å². The lowest BCUT2D eigenvalue weighted by Crippen LogP contribution is -2.80. The molecule has 3 aliphatic carbocycles. The first kappa shape index (κ1) is 44.9. The summed E-state index contributed by atoms with van der Waals surface area (Å²) in [5, 5.41) is 57.5. The van der Waals surface area contributed by atoms with Gasteiger partial charge in [0.15, 0.2) is 17.0 Å². The molecular weight excluding hydrogens is 811 g/mol. The standard InChI is InChI=1S/C48H61N3O12/c1-22(2)11-10-16-46(8)17-15-26-38(61-46)25(13-12-23(3)4)40-32(39(26)60-44-37(55)36(54)35(53)29(21-52)59-44)34-33-31(28(20-49)42(50)51-34)27-19-30-45(6,7)63-47(41(27)56,48(30,33)62-40)18-14-24(5)43(57)58-9/h11-12,14-15,17,27,29-31,33-37,44,51-55H,10,13,16,18-19,21,50H2,1-9H3/b24-14-/t27?,29-,30?,31?,33?,34?,35-,36+,37-,44+,46?,47?,48?/m1/s1. The van der Waals surface area contributed by atoms with E-state index in [1.807, 2.05) is 60.6 Å². The predicted octanol–water partition coefficient (Wildman–Crippen LogP) is 4.26. The number of Topliss-reactive ketones (excluding diaryl/α,β-unsaturated/α-hetero) is 1. The van der Waals surface area contributed by atoms with Gasteiger partial charge in [-0.1, -0.05) is 29.4 Å². The molecule has 340 valence electrons. The summed E-state index contributed by atoms with van der Waals surface area (Å²) < 4.78 is 39.8. The molecule has 15 heteroatoms. The quantitative estimate of drug-likeness (QED) is 0.104. The number of methoxy groups -OCH3 is 1. The van der Waals surface area contributed by atoms with E-state index in [4.69, 9.17) is 34.2 Å². The number of rotatable bonds is 11. The second kappa shape index (κ2) is 15.8. The highest BCUT2D eigenvalue weighted by molar-refractivity contribution is 5.96. The van der Waals surface area contributed by atoms with Crippen LogP contribution in [0.4, 0.5) is 0 Å². The van der Waals surface area contributed by atoms with Gasteiger partial charge >= 0.3 is 5.97 Å². The molecule has 0 amide bonds. The number of hydrogen-bond acceptors (Lipinski definition) is 15. The highest BCUT2D eigenvalue weighted by atomic mass is 16.7. The van der Waals surface area contributed by atoms with Crippen LogP contribution >= 0.6 is 0 Å². The molecule has 63 heavy (non-hydrogen) atoms. The Morgan fingerprint density at radius 3 is 2.40 bits per heavy atom. The topological polar surface area (TPSA) is 232 Å². The molecule has 1 aromatic carbocycles. The third-order valence-electron chi connectivity index (χ3n) is 14.6. The zero-order valence-corrected chi connectivity index (χ0v) is 37.5. The van der Waals surface area contributed by atoms with E-state index in [1.54, 1.807) is 13.0 Å². The second-order valence-corrected chi connectivity index (χ2v) is 19.5. The highest BCUT2D eigenvalue weighted by Crippen LogP contribution is 2.75. The molecule has 5 aliphatic heterocycles. The molecule has 3 saturated carbocycles. The summed E-state index contributed by atoms with van der Waals surface area (Å²) >= 11 is 0. The molecule has 15 nitrogen and oxygen atoms in total. The number of nitrogens with two attached hydrogens (primary N) is 1. The van der Waals surface area contributed by atoms with Crippen LogP contribution in [0.15, 0.2) is 52.4 Å². The van der Waals surface area contributed by atoms with Crippen LogP contribution in [0.2, 0.25) is 0 Å². The summed E-state index contributed by atoms with van der Waals surface area (Å²) in [4.78, 5) is 28.3. The van der Waals surface area contributed by atoms with Crippen LogP contribution in [-0.2, 0) is 30.2 Å². The maximum absolute atomic E-state index is 15.5. The highest BCUT2D eigenvalue weighted by Gasteiger charge is 2.86. The summed E-state index contributed by atoms with van der Waals surface area (Å²) in [5.41, 5.74) is 6.28. The average Bonchev–Trinajstić information content (AvgIpc) is 3.37. The fourth-order valence-electron chi connectivity index (χ4n) is 11.7. The third-order valence-corrected chi connectivity index (χ3v) is 14.6. The maximum Gasteiger partial charge on any atom is 0.333 e. The summed E-state index contributed by atoms with van der Waals surface area (Å²) in [6, 6.07) is 1.51. The van der Waals surface area contributed by atoms with Crippen molar-refractivity contribution in [2.75, 3.05) is 13.7 Å². The Kier molecular flexibility index (Phi) is 11.2. The van der Waals surface area contributed by atoms with Gasteiger partial charge in [-0.15, -0.1) is 0 Å². The third kappa shape index (κ3) is 6.65. The van der Waals surface area contributed by atoms with Gasteiger partial charge < -0.3 is 59.9 Å². The molecule has 0 radical (unpaired) electrons. The number of hydrogen-bond donors (Lipinski definition) is 6. The van der Waals surface area contributed by atoms with Crippen LogP contribution in [-0.4, -0.2) is 99.0 Å². The Labute approximate surface area is 368 Å². The first-order chi connectivity index (χ1) is 29.7. The molecule has 4 bridgehead atoms. The lowest BCUT2D eigenvalue weighted by Gasteiger charge is -2.66. The van der Waals surface area contributed by atoms with Crippen LogP contribution in [0.5, 0.6) is 17.2 Å². The van der Waals surface area contributed by atoms with Crippen molar-refractivity contribution in [2.45, 2.75) is 147 Å². The Morgan fingerprint density at radius 2 is 1.75 bits per heavy atom. The number of aliphatic hydroxyl groups excluding tert-OH is 4. The number of allylic oxidation sites excluding steroid dienone is 5. The van der Waals surface area contributed by atoms with E-state index in [2.05, 4.69) is 23.5 Å². The SMILES string of the molecule is COC(=O)/C(C)=C\CC12OC(C)(C)C3CC(C1=O)C1C(C#N)=C(N)NC4c5c(O[C@@H]6O[C@H](CO)[C@@H](O)[C@H](O)[C@H]6O)c6c(c(CC=C(C)C)c5OC32C41)OC(C)(CCC=C(C)C)C=C6. The van der Waals surface area contributed by atoms with Gasteiger partial charge in [-0.3, -0.25) is 4.79 Å². The zero-order chi connectivity index (χ0) is 45.7. The van der Waals surface area contributed by atoms with E-state index in [1.165, 1.54) is 12.7 Å². The number of esters is 1. The summed E-state index contributed by atoms with van der Waals surface area (Å²) in [6.07, 6.45) is 3.70. The number of aliphatic hydroxyl groups is 4. The number of carbonyl (C=O) groups excluding carboxylic acids is 2. The van der Waals surface area contributed by atoms with Crippen molar-refractivity contribution in [1.29, 1.82) is 5.26 Å². The molecule has 8 aliphatic rings. The van der Waals surface area contributed by atoms with Gasteiger partial charge in [-0.05, 0) is 93.2 Å². The maximum atomic E-state index is 15.5. The summed E-state index contributed by atoms with van der Waals surface area (Å²) in [5.74, 6) is -2.30. The van der Waals surface area contributed by atoms with Crippen LogP contribution in [0.3, 0.4) is 0 Å². The van der Waals surface area contributed by atoms with Gasteiger partial charge in [0.1, 0.15) is 53.1 Å². The smallest absolute Gasteiger partial charge is 0.333 e. The molecule has 2 saturated heterocycles. The average molecular weight is 872 g/mol. The van der Waals surface area contributed by atoms with E-state index in [0.717, 1.165) is 12.0 Å². The van der Waals surface area contributed by atoms with Crippen LogP contribution in [0.25, 0.3) is 6.08 Å². The molecule has 0 aromatic heterocycles. The van der Waals surface area contributed by atoms with Crippen molar-refractivity contribution in [2.24, 2.45) is 29.4 Å². The van der Waals surface area contributed by atoms with Crippen molar-refractivity contribution in [3.8, 4) is 23.3 Å². The monoisotopic (exact) mass is 871 g/mol. The Hall–Kier alpha value is -4.69. The van der Waals surface area contributed by atoms with Gasteiger partial charge in [0, 0.05) is 41.2 Å². The Balaban J connectivity index is 1.44. The van der Waals surface area contributed by atoms with E-state index < -0.39 is 95.4 Å². The zero-order valence-electron chi connectivity index (χ0n) is 37.5. The fraction of sp³-hybridized carbons (Fsp3) is 0.604. The summed E-state index contributed by atoms with van der Waals surface area (Å²) in [6.45, 7) is 14.9. The van der Waals surface area contributed by atoms with Gasteiger partial charge in [-0.2, -0.15) is 5.26 Å². The molecule has 1 aromatic rings. The summed E-state index contributed by atoms with van der Waals surface area (Å²) in [7, 11) is 1.29. The number of nitrogens with one attached hydrogen (secondary N) is 1. The van der Waals surface area contributed by atoms with Crippen LogP contribution in [0, 0.1) is 35.0 Å². The first-order valence-electron chi connectivity index (χ1n) is 21.9.